The second kappa shape index (κ2) is 9.81. The third-order valence-electron chi connectivity index (χ3n) is 3.37. The van der Waals surface area contributed by atoms with Gasteiger partial charge in [0.2, 0.25) is 0 Å². The molecule has 0 saturated heterocycles. The molecule has 4 N–H and O–H groups in total. The van der Waals surface area contributed by atoms with E-state index in [1.165, 1.54) is 6.07 Å². The Hall–Kier alpha value is -0.230. The van der Waals surface area contributed by atoms with Gasteiger partial charge in [-0.2, -0.15) is 0 Å². The Labute approximate surface area is 145 Å². The topological polar surface area (TPSA) is 80.9 Å². The summed E-state index contributed by atoms with van der Waals surface area (Å²) in [6, 6.07) is 3.18. The van der Waals surface area contributed by atoms with E-state index in [0.717, 1.165) is 5.56 Å². The van der Waals surface area contributed by atoms with E-state index < -0.39 is 18.3 Å². The first-order valence-electron chi connectivity index (χ1n) is 6.97. The quantitative estimate of drug-likeness (QED) is 0.499. The lowest BCUT2D eigenvalue weighted by molar-refractivity contribution is 0.187. The van der Waals surface area contributed by atoms with Crippen LogP contribution in [0.25, 0.3) is 0 Å². The molecule has 0 spiro atoms. The van der Waals surface area contributed by atoms with Crippen molar-refractivity contribution < 1.29 is 20.4 Å². The van der Waals surface area contributed by atoms with E-state index in [0.29, 0.717) is 11.1 Å². The van der Waals surface area contributed by atoms with E-state index in [-0.39, 0.29) is 42.7 Å². The molecule has 3 unspecified atom stereocenters. The number of phenols is 1. The highest BCUT2D eigenvalue weighted by Gasteiger charge is 2.20. The first-order valence-corrected chi connectivity index (χ1v) is 8.57. The van der Waals surface area contributed by atoms with Crippen LogP contribution in [0.3, 0.4) is 0 Å². The minimum atomic E-state index is -0.812. The fraction of sp³-hybridized carbons (Fsp3) is 0.600. The van der Waals surface area contributed by atoms with Crippen LogP contribution in [0, 0.1) is 0 Å². The van der Waals surface area contributed by atoms with Crippen LogP contribution in [-0.4, -0.2) is 56.4 Å². The Morgan fingerprint density at radius 3 is 1.68 bits per heavy atom. The molecule has 0 saturated carbocycles. The molecule has 0 radical (unpaired) electrons. The van der Waals surface area contributed by atoms with Crippen LogP contribution in [0.4, 0.5) is 0 Å². The van der Waals surface area contributed by atoms with Gasteiger partial charge >= 0.3 is 0 Å². The Balaban J connectivity index is 3.22. The van der Waals surface area contributed by atoms with Gasteiger partial charge in [-0.3, -0.25) is 0 Å². The lowest BCUT2D eigenvalue weighted by Crippen LogP contribution is -2.21. The molecule has 4 nitrogen and oxygen atoms in total. The molecule has 0 aliphatic rings. The second-order valence-electron chi connectivity index (χ2n) is 5.24. The van der Waals surface area contributed by atoms with E-state index in [4.69, 9.17) is 34.8 Å². The van der Waals surface area contributed by atoms with Gasteiger partial charge in [0.15, 0.2) is 0 Å². The molecule has 1 aromatic rings. The van der Waals surface area contributed by atoms with Crippen LogP contribution in [-0.2, 0) is 19.3 Å². The monoisotopic (exact) mass is 370 g/mol. The zero-order valence-electron chi connectivity index (χ0n) is 12.1. The number of benzene rings is 1. The van der Waals surface area contributed by atoms with Crippen molar-refractivity contribution in [1.82, 2.24) is 0 Å². The van der Waals surface area contributed by atoms with Gasteiger partial charge < -0.3 is 20.4 Å². The molecule has 22 heavy (non-hydrogen) atoms. The molecule has 0 fully saturated rings. The number of aliphatic hydroxyl groups excluding tert-OH is 3. The van der Waals surface area contributed by atoms with Gasteiger partial charge in [0.1, 0.15) is 5.75 Å². The van der Waals surface area contributed by atoms with Gasteiger partial charge in [-0.15, -0.1) is 34.8 Å². The number of alkyl halides is 3. The Morgan fingerprint density at radius 1 is 0.727 bits per heavy atom. The molecule has 7 heteroatoms. The summed E-state index contributed by atoms with van der Waals surface area (Å²) in [4.78, 5) is 0. The van der Waals surface area contributed by atoms with Crippen molar-refractivity contribution in [2.45, 2.75) is 37.6 Å². The fourth-order valence-electron chi connectivity index (χ4n) is 2.29. The second-order valence-corrected chi connectivity index (χ2v) is 6.16. The Kier molecular flexibility index (Phi) is 8.83. The molecule has 0 amide bonds. The van der Waals surface area contributed by atoms with Crippen LogP contribution >= 0.6 is 34.8 Å². The van der Waals surface area contributed by atoms with Crippen molar-refractivity contribution in [3.8, 4) is 5.75 Å². The fourth-order valence-corrected chi connectivity index (χ4v) is 2.62. The summed E-state index contributed by atoms with van der Waals surface area (Å²) >= 11 is 16.9. The number of rotatable bonds is 9. The smallest absolute Gasteiger partial charge is 0.119 e. The van der Waals surface area contributed by atoms with E-state index in [1.54, 1.807) is 6.07 Å². The third-order valence-corrected chi connectivity index (χ3v) is 4.44. The number of halogens is 3. The summed E-state index contributed by atoms with van der Waals surface area (Å²) < 4.78 is 0. The predicted molar refractivity (Wildman–Crippen MR) is 89.4 cm³/mol. The van der Waals surface area contributed by atoms with Crippen molar-refractivity contribution in [3.05, 3.63) is 28.8 Å². The molecule has 0 heterocycles. The maximum atomic E-state index is 10.1. The molecule has 0 aliphatic carbocycles. The number of hydrogen-bond acceptors (Lipinski definition) is 4. The van der Waals surface area contributed by atoms with Crippen LogP contribution < -0.4 is 0 Å². The van der Waals surface area contributed by atoms with Gasteiger partial charge in [-0.05, 0) is 23.6 Å². The normalized spacial score (nSPS) is 15.5. The first-order chi connectivity index (χ1) is 10.4. The molecule has 126 valence electrons. The van der Waals surface area contributed by atoms with Crippen molar-refractivity contribution in [1.29, 1.82) is 0 Å². The average molecular weight is 372 g/mol. The summed E-state index contributed by atoms with van der Waals surface area (Å²) in [5.41, 5.74) is 1.94. The Bertz CT molecular complexity index is 470. The highest BCUT2D eigenvalue weighted by atomic mass is 35.5. The molecule has 1 aromatic carbocycles. The summed E-state index contributed by atoms with van der Waals surface area (Å²) in [6.07, 6.45) is -1.67. The average Bonchev–Trinajstić information content (AvgIpc) is 2.52. The van der Waals surface area contributed by atoms with Crippen molar-refractivity contribution in [2.24, 2.45) is 0 Å². The van der Waals surface area contributed by atoms with Crippen molar-refractivity contribution >= 4 is 34.8 Å². The lowest BCUT2D eigenvalue weighted by Gasteiger charge is -2.20. The number of aromatic hydroxyl groups is 1. The van der Waals surface area contributed by atoms with Gasteiger partial charge in [0, 0.05) is 36.0 Å². The van der Waals surface area contributed by atoms with E-state index >= 15 is 0 Å². The van der Waals surface area contributed by atoms with E-state index in [9.17, 15) is 20.4 Å². The van der Waals surface area contributed by atoms with E-state index in [2.05, 4.69) is 0 Å². The maximum Gasteiger partial charge on any atom is 0.119 e. The number of aliphatic hydroxyl groups is 3. The maximum absolute atomic E-state index is 10.1. The zero-order valence-corrected chi connectivity index (χ0v) is 14.3. The summed E-state index contributed by atoms with van der Waals surface area (Å²) in [5, 5.41) is 39.5. The minimum absolute atomic E-state index is 0.0186. The van der Waals surface area contributed by atoms with Gasteiger partial charge in [-0.25, -0.2) is 0 Å². The van der Waals surface area contributed by atoms with Gasteiger partial charge in [0.05, 0.1) is 18.3 Å². The number of phenolic OH excluding ortho intramolecular Hbond substituents is 1. The molecular weight excluding hydrogens is 351 g/mol. The molecule has 0 bridgehead atoms. The summed E-state index contributed by atoms with van der Waals surface area (Å²) in [7, 11) is 0. The van der Waals surface area contributed by atoms with E-state index in [1.807, 2.05) is 0 Å². The number of hydrogen-bond donors (Lipinski definition) is 4. The van der Waals surface area contributed by atoms with Crippen LogP contribution in [0.1, 0.15) is 16.7 Å². The highest BCUT2D eigenvalue weighted by Crippen LogP contribution is 2.29. The van der Waals surface area contributed by atoms with Crippen molar-refractivity contribution in [2.75, 3.05) is 17.6 Å². The lowest BCUT2D eigenvalue weighted by atomic mass is 9.90. The van der Waals surface area contributed by atoms with Gasteiger partial charge in [-0.1, -0.05) is 6.07 Å². The van der Waals surface area contributed by atoms with Crippen molar-refractivity contribution in [3.63, 3.8) is 0 Å². The van der Waals surface area contributed by atoms with Gasteiger partial charge in [0.25, 0.3) is 0 Å². The molecule has 1 rings (SSSR count). The third kappa shape index (κ3) is 5.76. The van der Waals surface area contributed by atoms with Crippen LogP contribution in [0.2, 0.25) is 0 Å². The molecule has 0 aromatic heterocycles. The minimum Gasteiger partial charge on any atom is -0.508 e. The first kappa shape index (κ1) is 19.8. The summed E-state index contributed by atoms with van der Waals surface area (Å²) in [5.74, 6) is 0.179. The zero-order chi connectivity index (χ0) is 16.7. The standard InChI is InChI=1S/C15H21Cl3O4/c16-6-10(19)3-9-1-2-15(22)14(5-12(21)8-18)13(9)4-11(20)7-17/h1-2,10-12,19-22H,3-8H2. The highest BCUT2D eigenvalue weighted by molar-refractivity contribution is 6.18. The Morgan fingerprint density at radius 2 is 1.18 bits per heavy atom. The van der Waals surface area contributed by atoms with Crippen LogP contribution in [0.5, 0.6) is 5.75 Å². The molecule has 3 atom stereocenters. The SMILES string of the molecule is Oc1ccc(CC(O)CCl)c(CC(O)CCl)c1CC(O)CCl. The molecular formula is C15H21Cl3O4. The molecule has 0 aliphatic heterocycles. The van der Waals surface area contributed by atoms with Crippen LogP contribution in [0.15, 0.2) is 12.1 Å². The summed E-state index contributed by atoms with van der Waals surface area (Å²) in [6.45, 7) is 0. The predicted octanol–water partition coefficient (Wildman–Crippen LogP) is 1.82. The largest absolute Gasteiger partial charge is 0.508 e.